The lowest BCUT2D eigenvalue weighted by Gasteiger charge is -2.26. The van der Waals surface area contributed by atoms with Crippen LogP contribution >= 0.6 is 0 Å². The van der Waals surface area contributed by atoms with E-state index in [1.54, 1.807) is 12.3 Å². The number of pyridine rings is 1. The van der Waals surface area contributed by atoms with E-state index < -0.39 is 0 Å². The van der Waals surface area contributed by atoms with Crippen LogP contribution in [-0.2, 0) is 0 Å². The molecule has 0 fully saturated rings. The predicted octanol–water partition coefficient (Wildman–Crippen LogP) is 3.17. The Morgan fingerprint density at radius 3 is 3.06 bits per heavy atom. The Morgan fingerprint density at radius 2 is 2.24 bits per heavy atom. The molecule has 2 nitrogen and oxygen atoms in total. The molecular weight excluding hydrogens is 215 g/mol. The molecule has 1 atom stereocenters. The van der Waals surface area contributed by atoms with Gasteiger partial charge in [-0.15, -0.1) is 0 Å². The third-order valence-electron chi connectivity index (χ3n) is 3.23. The second-order valence-corrected chi connectivity index (χ2v) is 4.29. The van der Waals surface area contributed by atoms with Gasteiger partial charge in [0.15, 0.2) is 0 Å². The summed E-state index contributed by atoms with van der Waals surface area (Å²) in [4.78, 5) is 4.16. The number of nitrogens with zero attached hydrogens (tertiary/aromatic N) is 1. The minimum atomic E-state index is -0.192. The summed E-state index contributed by atoms with van der Waals surface area (Å²) in [5.74, 6) is 0.128. The van der Waals surface area contributed by atoms with Crippen molar-refractivity contribution >= 4 is 5.69 Å². The normalized spacial score (nSPS) is 18.3. The molecule has 0 saturated carbocycles. The maximum absolute atomic E-state index is 13.2. The fraction of sp³-hybridized carbons (Fsp3) is 0.214. The van der Waals surface area contributed by atoms with Crippen molar-refractivity contribution in [2.45, 2.75) is 12.3 Å². The first-order chi connectivity index (χ1) is 8.34. The number of hydrogen-bond donors (Lipinski definition) is 1. The quantitative estimate of drug-likeness (QED) is 0.811. The lowest BCUT2D eigenvalue weighted by atomic mass is 9.86. The van der Waals surface area contributed by atoms with Gasteiger partial charge < -0.3 is 5.32 Å². The molecule has 3 heteroatoms. The summed E-state index contributed by atoms with van der Waals surface area (Å²) in [7, 11) is 0. The van der Waals surface area contributed by atoms with Gasteiger partial charge in [-0.3, -0.25) is 4.98 Å². The number of benzene rings is 1. The highest BCUT2D eigenvalue weighted by Crippen LogP contribution is 2.36. The smallest absolute Gasteiger partial charge is 0.125 e. The Bertz CT molecular complexity index is 525. The lowest BCUT2D eigenvalue weighted by Crippen LogP contribution is -2.17. The molecule has 1 N–H and O–H groups in total. The Kier molecular flexibility index (Phi) is 2.52. The number of aromatic nitrogens is 1. The van der Waals surface area contributed by atoms with Gasteiger partial charge in [0.05, 0.1) is 0 Å². The molecule has 0 radical (unpaired) electrons. The molecule has 0 amide bonds. The molecule has 2 heterocycles. The highest BCUT2D eigenvalue weighted by molar-refractivity contribution is 5.57. The van der Waals surface area contributed by atoms with Crippen molar-refractivity contribution in [1.29, 1.82) is 0 Å². The van der Waals surface area contributed by atoms with Crippen LogP contribution in [0.1, 0.15) is 23.5 Å². The maximum atomic E-state index is 13.2. The van der Waals surface area contributed by atoms with Crippen molar-refractivity contribution < 1.29 is 4.39 Å². The van der Waals surface area contributed by atoms with Crippen molar-refractivity contribution in [3.63, 3.8) is 0 Å². The van der Waals surface area contributed by atoms with E-state index in [1.807, 2.05) is 18.3 Å². The third kappa shape index (κ3) is 1.88. The first-order valence-corrected chi connectivity index (χ1v) is 5.78. The summed E-state index contributed by atoms with van der Waals surface area (Å²) in [6, 6.07) is 8.98. The molecule has 86 valence electrons. The SMILES string of the molecule is Fc1ccc2c(c1)NCCC2c1cccnc1. The number of anilines is 1. The molecule has 0 spiro atoms. The summed E-state index contributed by atoms with van der Waals surface area (Å²) in [5.41, 5.74) is 3.26. The van der Waals surface area contributed by atoms with Gasteiger partial charge in [0.2, 0.25) is 0 Å². The van der Waals surface area contributed by atoms with Crippen LogP contribution in [0, 0.1) is 5.82 Å². The van der Waals surface area contributed by atoms with E-state index in [2.05, 4.69) is 16.4 Å². The van der Waals surface area contributed by atoms with Gasteiger partial charge in [0, 0.05) is 30.5 Å². The molecule has 1 aliphatic rings. The monoisotopic (exact) mass is 228 g/mol. The van der Waals surface area contributed by atoms with E-state index in [0.29, 0.717) is 5.92 Å². The van der Waals surface area contributed by atoms with Gasteiger partial charge >= 0.3 is 0 Å². The molecule has 1 unspecified atom stereocenters. The average molecular weight is 228 g/mol. The first kappa shape index (κ1) is 10.3. The Labute approximate surface area is 99.5 Å². The van der Waals surface area contributed by atoms with E-state index in [0.717, 1.165) is 24.2 Å². The van der Waals surface area contributed by atoms with Crippen molar-refractivity contribution in [2.75, 3.05) is 11.9 Å². The van der Waals surface area contributed by atoms with Crippen LogP contribution < -0.4 is 5.32 Å². The molecule has 0 saturated heterocycles. The summed E-state index contributed by atoms with van der Waals surface area (Å²) < 4.78 is 13.2. The van der Waals surface area contributed by atoms with Crippen LogP contribution in [0.5, 0.6) is 0 Å². The van der Waals surface area contributed by atoms with Crippen LogP contribution in [0.2, 0.25) is 0 Å². The van der Waals surface area contributed by atoms with Crippen LogP contribution in [-0.4, -0.2) is 11.5 Å². The molecule has 1 aromatic carbocycles. The van der Waals surface area contributed by atoms with E-state index in [4.69, 9.17) is 0 Å². The van der Waals surface area contributed by atoms with E-state index in [-0.39, 0.29) is 5.82 Å². The summed E-state index contributed by atoms with van der Waals surface area (Å²) in [6.45, 7) is 0.871. The zero-order valence-corrected chi connectivity index (χ0v) is 9.36. The standard InChI is InChI=1S/C14H13FN2/c15-11-3-4-13-12(5-7-17-14(13)8-11)10-2-1-6-16-9-10/h1-4,6,8-9,12,17H,5,7H2. The highest BCUT2D eigenvalue weighted by Gasteiger charge is 2.21. The fourth-order valence-electron chi connectivity index (χ4n) is 2.42. The molecule has 17 heavy (non-hydrogen) atoms. The van der Waals surface area contributed by atoms with Crippen LogP contribution in [0.3, 0.4) is 0 Å². The van der Waals surface area contributed by atoms with Crippen molar-refractivity contribution in [3.8, 4) is 0 Å². The van der Waals surface area contributed by atoms with Crippen LogP contribution in [0.15, 0.2) is 42.7 Å². The lowest BCUT2D eigenvalue weighted by molar-refractivity contribution is 0.623. The number of fused-ring (bicyclic) bond motifs is 1. The number of nitrogens with one attached hydrogen (secondary N) is 1. The average Bonchev–Trinajstić information content (AvgIpc) is 2.39. The Morgan fingerprint density at radius 1 is 1.29 bits per heavy atom. The maximum Gasteiger partial charge on any atom is 0.125 e. The van der Waals surface area contributed by atoms with Crippen molar-refractivity contribution in [3.05, 3.63) is 59.7 Å². The van der Waals surface area contributed by atoms with Crippen molar-refractivity contribution in [2.24, 2.45) is 0 Å². The van der Waals surface area contributed by atoms with Crippen LogP contribution in [0.25, 0.3) is 0 Å². The molecule has 1 aliphatic heterocycles. The molecule has 0 aliphatic carbocycles. The minimum Gasteiger partial charge on any atom is -0.385 e. The minimum absolute atomic E-state index is 0.192. The fourth-order valence-corrected chi connectivity index (χ4v) is 2.42. The first-order valence-electron chi connectivity index (χ1n) is 5.78. The molecule has 0 bridgehead atoms. The Hall–Kier alpha value is -1.90. The summed E-state index contributed by atoms with van der Waals surface area (Å²) >= 11 is 0. The summed E-state index contributed by atoms with van der Waals surface area (Å²) in [6.07, 6.45) is 4.68. The van der Waals surface area contributed by atoms with Gasteiger partial charge in [-0.1, -0.05) is 12.1 Å². The van der Waals surface area contributed by atoms with E-state index in [1.165, 1.54) is 11.6 Å². The molecule has 2 aromatic rings. The van der Waals surface area contributed by atoms with Gasteiger partial charge in [0.1, 0.15) is 5.82 Å². The van der Waals surface area contributed by atoms with Gasteiger partial charge in [0.25, 0.3) is 0 Å². The Balaban J connectivity index is 2.06. The topological polar surface area (TPSA) is 24.9 Å². The van der Waals surface area contributed by atoms with Gasteiger partial charge in [-0.05, 0) is 35.7 Å². The zero-order valence-electron chi connectivity index (χ0n) is 9.36. The number of hydrogen-bond acceptors (Lipinski definition) is 2. The van der Waals surface area contributed by atoms with Crippen molar-refractivity contribution in [1.82, 2.24) is 4.98 Å². The van der Waals surface area contributed by atoms with E-state index >= 15 is 0 Å². The third-order valence-corrected chi connectivity index (χ3v) is 3.23. The van der Waals surface area contributed by atoms with E-state index in [9.17, 15) is 4.39 Å². The number of halogens is 1. The zero-order chi connectivity index (χ0) is 11.7. The molecule has 1 aromatic heterocycles. The molecule has 3 rings (SSSR count). The largest absolute Gasteiger partial charge is 0.385 e. The highest BCUT2D eigenvalue weighted by atomic mass is 19.1. The van der Waals surface area contributed by atoms with Crippen LogP contribution in [0.4, 0.5) is 10.1 Å². The van der Waals surface area contributed by atoms with Gasteiger partial charge in [-0.2, -0.15) is 0 Å². The van der Waals surface area contributed by atoms with Gasteiger partial charge in [-0.25, -0.2) is 4.39 Å². The number of rotatable bonds is 1. The predicted molar refractivity (Wildman–Crippen MR) is 65.6 cm³/mol. The summed E-state index contributed by atoms with van der Waals surface area (Å²) in [5, 5.41) is 3.24. The second kappa shape index (κ2) is 4.17. The second-order valence-electron chi connectivity index (χ2n) is 4.29. The molecular formula is C14H13FN2.